The second-order valence-electron chi connectivity index (χ2n) is 4.91. The Labute approximate surface area is 128 Å². The Balaban J connectivity index is 1.96. The highest BCUT2D eigenvalue weighted by atomic mass is 35.5. The molecule has 2 aromatic carbocycles. The summed E-state index contributed by atoms with van der Waals surface area (Å²) in [6.07, 6.45) is 0.307. The number of hydrogen-bond acceptors (Lipinski definition) is 3. The van der Waals surface area contributed by atoms with Crippen LogP contribution in [0.1, 0.15) is 16.8 Å². The Kier molecular flexibility index (Phi) is 4.02. The summed E-state index contributed by atoms with van der Waals surface area (Å²) >= 11 is 6.09. The van der Waals surface area contributed by atoms with Crippen molar-refractivity contribution in [1.82, 2.24) is 5.32 Å². The quantitative estimate of drug-likeness (QED) is 0.877. The number of nitrogens with one attached hydrogen (secondary N) is 1. The minimum atomic E-state index is 0.0543. The fourth-order valence-corrected chi connectivity index (χ4v) is 2.60. The third kappa shape index (κ3) is 3.14. The molecule has 1 aliphatic rings. The van der Waals surface area contributed by atoms with E-state index in [0.29, 0.717) is 17.0 Å². The van der Waals surface area contributed by atoms with Gasteiger partial charge in [-0.3, -0.25) is 9.79 Å². The van der Waals surface area contributed by atoms with Gasteiger partial charge in [0.2, 0.25) is 0 Å². The largest absolute Gasteiger partial charge is 0.372 e. The van der Waals surface area contributed by atoms with Crippen LogP contribution in [0.2, 0.25) is 5.02 Å². The molecule has 0 aliphatic carbocycles. The van der Waals surface area contributed by atoms with Gasteiger partial charge in [0.1, 0.15) is 5.84 Å². The van der Waals surface area contributed by atoms with E-state index in [2.05, 4.69) is 10.3 Å². The zero-order valence-electron chi connectivity index (χ0n) is 11.5. The molecule has 0 bridgehead atoms. The summed E-state index contributed by atoms with van der Waals surface area (Å²) in [5, 5.41) is 3.76. The van der Waals surface area contributed by atoms with Gasteiger partial charge in [0.15, 0.2) is 5.78 Å². The first-order valence-corrected chi connectivity index (χ1v) is 7.27. The fourth-order valence-electron chi connectivity index (χ4n) is 2.43. The van der Waals surface area contributed by atoms with Crippen LogP contribution in [-0.4, -0.2) is 24.7 Å². The van der Waals surface area contributed by atoms with E-state index in [1.165, 1.54) is 0 Å². The van der Waals surface area contributed by atoms with Crippen LogP contribution in [0, 0.1) is 0 Å². The van der Waals surface area contributed by atoms with Crippen molar-refractivity contribution in [2.24, 2.45) is 4.99 Å². The number of carbonyl (C=O) groups is 1. The molecule has 3 nitrogen and oxygen atoms in total. The van der Waals surface area contributed by atoms with Gasteiger partial charge in [0, 0.05) is 17.1 Å². The van der Waals surface area contributed by atoms with Crippen LogP contribution in [0.3, 0.4) is 0 Å². The molecule has 3 rings (SSSR count). The van der Waals surface area contributed by atoms with Crippen molar-refractivity contribution in [2.75, 3.05) is 13.1 Å². The lowest BCUT2D eigenvalue weighted by Crippen LogP contribution is -2.21. The van der Waals surface area contributed by atoms with Crippen molar-refractivity contribution in [2.45, 2.75) is 6.42 Å². The third-order valence-electron chi connectivity index (χ3n) is 3.44. The number of rotatable bonds is 4. The van der Waals surface area contributed by atoms with Gasteiger partial charge in [-0.15, -0.1) is 0 Å². The van der Waals surface area contributed by atoms with Crippen molar-refractivity contribution >= 4 is 23.2 Å². The molecule has 0 saturated carbocycles. The smallest absolute Gasteiger partial charge is 0.170 e. The van der Waals surface area contributed by atoms with E-state index in [1.54, 1.807) is 12.1 Å². The summed E-state index contributed by atoms with van der Waals surface area (Å²) in [7, 11) is 0. The Morgan fingerprint density at radius 2 is 2.00 bits per heavy atom. The molecule has 0 fully saturated rings. The van der Waals surface area contributed by atoms with E-state index in [1.807, 2.05) is 36.4 Å². The lowest BCUT2D eigenvalue weighted by Gasteiger charge is -2.10. The van der Waals surface area contributed by atoms with E-state index in [0.717, 1.165) is 30.1 Å². The van der Waals surface area contributed by atoms with Gasteiger partial charge >= 0.3 is 0 Å². The number of benzene rings is 2. The van der Waals surface area contributed by atoms with Crippen molar-refractivity contribution in [1.29, 1.82) is 0 Å². The van der Waals surface area contributed by atoms with Gasteiger partial charge in [-0.05, 0) is 29.3 Å². The minimum Gasteiger partial charge on any atom is -0.372 e. The van der Waals surface area contributed by atoms with Crippen LogP contribution in [0.4, 0.5) is 0 Å². The highest BCUT2D eigenvalue weighted by Crippen LogP contribution is 2.28. The van der Waals surface area contributed by atoms with Crippen LogP contribution < -0.4 is 5.32 Å². The van der Waals surface area contributed by atoms with Crippen molar-refractivity contribution in [3.05, 3.63) is 59.1 Å². The number of nitrogens with zero attached hydrogens (tertiary/aromatic N) is 1. The average molecular weight is 299 g/mol. The lowest BCUT2D eigenvalue weighted by molar-refractivity contribution is 0.100. The second kappa shape index (κ2) is 6.10. The summed E-state index contributed by atoms with van der Waals surface area (Å²) in [5.41, 5.74) is 2.54. The lowest BCUT2D eigenvalue weighted by atomic mass is 9.95. The predicted octanol–water partition coefficient (Wildman–Crippen LogP) is 3.58. The van der Waals surface area contributed by atoms with Crippen LogP contribution in [0.15, 0.2) is 53.5 Å². The van der Waals surface area contributed by atoms with Crippen molar-refractivity contribution < 1.29 is 4.79 Å². The van der Waals surface area contributed by atoms with Gasteiger partial charge in [-0.25, -0.2) is 0 Å². The molecule has 2 aromatic rings. The summed E-state index contributed by atoms with van der Waals surface area (Å²) < 4.78 is 0. The van der Waals surface area contributed by atoms with Gasteiger partial charge in [0.25, 0.3) is 0 Å². The first-order chi connectivity index (χ1) is 10.2. The molecule has 4 heteroatoms. The first kappa shape index (κ1) is 13.8. The number of halogens is 1. The maximum atomic E-state index is 12.5. The number of Topliss-reactive ketones (excluding diaryl/α,β-unsaturated/α-hetero) is 1. The third-order valence-corrected chi connectivity index (χ3v) is 3.67. The molecule has 21 heavy (non-hydrogen) atoms. The highest BCUT2D eigenvalue weighted by Gasteiger charge is 2.17. The molecule has 1 heterocycles. The first-order valence-electron chi connectivity index (χ1n) is 6.89. The number of aliphatic imine (C=N–C) groups is 1. The average Bonchev–Trinajstić information content (AvgIpc) is 3.01. The summed E-state index contributed by atoms with van der Waals surface area (Å²) in [5.74, 6) is 0.827. The van der Waals surface area contributed by atoms with Crippen molar-refractivity contribution in [3.63, 3.8) is 0 Å². The van der Waals surface area contributed by atoms with Gasteiger partial charge < -0.3 is 5.32 Å². The predicted molar refractivity (Wildman–Crippen MR) is 86.1 cm³/mol. The highest BCUT2D eigenvalue weighted by molar-refractivity contribution is 6.31. The fraction of sp³-hybridized carbons (Fsp3) is 0.176. The minimum absolute atomic E-state index is 0.0543. The molecule has 0 unspecified atom stereocenters. The van der Waals surface area contributed by atoms with Crippen LogP contribution in [0.25, 0.3) is 11.1 Å². The van der Waals surface area contributed by atoms with Gasteiger partial charge in [-0.2, -0.15) is 0 Å². The second-order valence-corrected chi connectivity index (χ2v) is 5.35. The zero-order valence-corrected chi connectivity index (χ0v) is 12.2. The van der Waals surface area contributed by atoms with Crippen LogP contribution in [-0.2, 0) is 0 Å². The Bertz CT molecular complexity index is 695. The van der Waals surface area contributed by atoms with Crippen LogP contribution in [0.5, 0.6) is 0 Å². The molecule has 0 amide bonds. The standard InChI is InChI=1S/C17H15ClN2O/c18-13-6-7-14(16(21)11-17-19-8-9-20-17)15(10-13)12-4-2-1-3-5-12/h1-7,10H,8-9,11H2,(H,19,20). The number of carbonyl (C=O) groups excluding carboxylic acids is 1. The monoisotopic (exact) mass is 298 g/mol. The topological polar surface area (TPSA) is 41.5 Å². The molecular weight excluding hydrogens is 284 g/mol. The van der Waals surface area contributed by atoms with E-state index >= 15 is 0 Å². The molecule has 0 atom stereocenters. The molecule has 1 aliphatic heterocycles. The van der Waals surface area contributed by atoms with Crippen molar-refractivity contribution in [3.8, 4) is 11.1 Å². The molecular formula is C17H15ClN2O. The molecule has 0 aromatic heterocycles. The summed E-state index contributed by atoms with van der Waals surface area (Å²) in [6.45, 7) is 1.56. The van der Waals surface area contributed by atoms with E-state index in [-0.39, 0.29) is 5.78 Å². The van der Waals surface area contributed by atoms with E-state index in [4.69, 9.17) is 11.6 Å². The van der Waals surface area contributed by atoms with Crippen LogP contribution >= 0.6 is 11.6 Å². The molecule has 1 N–H and O–H groups in total. The Morgan fingerprint density at radius 3 is 2.71 bits per heavy atom. The molecule has 0 radical (unpaired) electrons. The molecule has 0 spiro atoms. The molecule has 106 valence electrons. The van der Waals surface area contributed by atoms with E-state index < -0.39 is 0 Å². The summed E-state index contributed by atoms with van der Waals surface area (Å²) in [4.78, 5) is 16.8. The number of ketones is 1. The normalized spacial score (nSPS) is 13.7. The van der Waals surface area contributed by atoms with Gasteiger partial charge in [0.05, 0.1) is 13.0 Å². The molecule has 0 saturated heterocycles. The number of hydrogen-bond donors (Lipinski definition) is 1. The Hall–Kier alpha value is -2.13. The number of amidine groups is 1. The SMILES string of the molecule is O=C(CC1=NCCN1)c1ccc(Cl)cc1-c1ccccc1. The maximum absolute atomic E-state index is 12.5. The summed E-state index contributed by atoms with van der Waals surface area (Å²) in [6, 6.07) is 15.2. The Morgan fingerprint density at radius 1 is 1.19 bits per heavy atom. The maximum Gasteiger partial charge on any atom is 0.170 e. The van der Waals surface area contributed by atoms with E-state index in [9.17, 15) is 4.79 Å². The zero-order chi connectivity index (χ0) is 14.7. The van der Waals surface area contributed by atoms with Gasteiger partial charge in [-0.1, -0.05) is 41.9 Å².